The third-order valence-corrected chi connectivity index (χ3v) is 2.22. The minimum absolute atomic E-state index is 0.204. The maximum Gasteiger partial charge on any atom is 0.162 e. The number of hydrogen-bond donors (Lipinski definition) is 2. The molecule has 5 heteroatoms. The van der Waals surface area contributed by atoms with Gasteiger partial charge in [-0.05, 0) is 20.9 Å². The molecular formula is C10H19N3O2. The van der Waals surface area contributed by atoms with Gasteiger partial charge in [-0.1, -0.05) is 0 Å². The lowest BCUT2D eigenvalue weighted by Crippen LogP contribution is -2.21. The molecule has 0 aromatic carbocycles. The number of likely N-dealkylation sites (N-methyl/N-ethyl adjacent to an activating group) is 1. The number of ether oxygens (including phenoxy) is 1. The summed E-state index contributed by atoms with van der Waals surface area (Å²) in [6.07, 6.45) is 1.03. The predicted octanol–water partition coefficient (Wildman–Crippen LogP) is 0.725. The molecule has 0 spiro atoms. The van der Waals surface area contributed by atoms with Gasteiger partial charge < -0.3 is 15.2 Å². The number of nitrogens with one attached hydrogen (secondary N) is 1. The van der Waals surface area contributed by atoms with Crippen LogP contribution in [-0.2, 0) is 0 Å². The summed E-state index contributed by atoms with van der Waals surface area (Å²) >= 11 is 0. The topological polar surface area (TPSA) is 59.3 Å². The van der Waals surface area contributed by atoms with Crippen molar-refractivity contribution >= 4 is 0 Å². The van der Waals surface area contributed by atoms with E-state index in [0.717, 1.165) is 5.69 Å². The van der Waals surface area contributed by atoms with Gasteiger partial charge in [-0.25, -0.2) is 0 Å². The molecule has 15 heavy (non-hydrogen) atoms. The van der Waals surface area contributed by atoms with E-state index in [2.05, 4.69) is 10.4 Å². The number of rotatable bonds is 5. The molecule has 1 rings (SSSR count). The first-order valence-corrected chi connectivity index (χ1v) is 5.05. The molecule has 0 amide bonds. The number of nitrogens with zero attached hydrogens (tertiary/aromatic N) is 2. The summed E-state index contributed by atoms with van der Waals surface area (Å²) in [5, 5.41) is 17.1. The minimum Gasteiger partial charge on any atom is -0.493 e. The fourth-order valence-corrected chi connectivity index (χ4v) is 1.53. The molecule has 1 heterocycles. The van der Waals surface area contributed by atoms with Gasteiger partial charge in [0.15, 0.2) is 5.75 Å². The largest absolute Gasteiger partial charge is 0.493 e. The second-order valence-corrected chi connectivity index (χ2v) is 3.71. The third kappa shape index (κ3) is 2.49. The Hall–Kier alpha value is -1.07. The molecule has 1 atom stereocenters. The molecule has 0 aliphatic carbocycles. The highest BCUT2D eigenvalue weighted by atomic mass is 16.5. The van der Waals surface area contributed by atoms with Crippen LogP contribution in [0.25, 0.3) is 0 Å². The highest BCUT2D eigenvalue weighted by Crippen LogP contribution is 2.26. The number of methoxy groups -OCH3 is 1. The lowest BCUT2D eigenvalue weighted by molar-refractivity contribution is 0.160. The first kappa shape index (κ1) is 12.0. The summed E-state index contributed by atoms with van der Waals surface area (Å²) in [5.74, 6) is 0.631. The van der Waals surface area contributed by atoms with Gasteiger partial charge in [-0.15, -0.1) is 0 Å². The van der Waals surface area contributed by atoms with Gasteiger partial charge in [-0.3, -0.25) is 4.68 Å². The van der Waals surface area contributed by atoms with E-state index in [-0.39, 0.29) is 6.04 Å². The Morgan fingerprint density at radius 1 is 1.60 bits per heavy atom. The summed E-state index contributed by atoms with van der Waals surface area (Å²) < 4.78 is 6.95. The molecule has 1 unspecified atom stereocenters. The Bertz CT molecular complexity index is 310. The summed E-state index contributed by atoms with van der Waals surface area (Å²) in [6, 6.07) is 0.204. The van der Waals surface area contributed by atoms with Gasteiger partial charge in [-0.2, -0.15) is 5.10 Å². The maximum atomic E-state index is 9.95. The Kier molecular flexibility index (Phi) is 4.11. The van der Waals surface area contributed by atoms with Crippen LogP contribution in [0.3, 0.4) is 0 Å². The second-order valence-electron chi connectivity index (χ2n) is 3.71. The maximum absolute atomic E-state index is 9.95. The smallest absolute Gasteiger partial charge is 0.162 e. The van der Waals surface area contributed by atoms with Crippen LogP contribution >= 0.6 is 0 Å². The summed E-state index contributed by atoms with van der Waals surface area (Å²) in [5.41, 5.74) is 0.724. The zero-order valence-corrected chi connectivity index (χ0v) is 9.69. The minimum atomic E-state index is -0.602. The van der Waals surface area contributed by atoms with Gasteiger partial charge in [0, 0.05) is 12.6 Å². The number of hydrogen-bond acceptors (Lipinski definition) is 4. The van der Waals surface area contributed by atoms with E-state index in [1.54, 1.807) is 25.0 Å². The van der Waals surface area contributed by atoms with Crippen molar-refractivity contribution in [1.82, 2.24) is 15.1 Å². The van der Waals surface area contributed by atoms with E-state index < -0.39 is 6.10 Å². The van der Waals surface area contributed by atoms with Crippen molar-refractivity contribution in [3.8, 4) is 5.75 Å². The van der Waals surface area contributed by atoms with Crippen molar-refractivity contribution in [2.24, 2.45) is 0 Å². The van der Waals surface area contributed by atoms with Gasteiger partial charge in [0.1, 0.15) is 11.8 Å². The molecule has 0 aliphatic rings. The third-order valence-electron chi connectivity index (χ3n) is 2.22. The molecule has 1 aromatic rings. The van der Waals surface area contributed by atoms with Gasteiger partial charge in [0.25, 0.3) is 0 Å². The molecular weight excluding hydrogens is 194 g/mol. The van der Waals surface area contributed by atoms with Crippen LogP contribution in [0.4, 0.5) is 0 Å². The summed E-state index contributed by atoms with van der Waals surface area (Å²) in [6.45, 7) is 4.51. The van der Waals surface area contributed by atoms with E-state index in [1.807, 2.05) is 13.8 Å². The highest BCUT2D eigenvalue weighted by Gasteiger charge is 2.20. The monoisotopic (exact) mass is 213 g/mol. The normalized spacial score (nSPS) is 13.2. The Morgan fingerprint density at radius 2 is 2.27 bits per heavy atom. The zero-order chi connectivity index (χ0) is 11.4. The first-order chi connectivity index (χ1) is 7.11. The fraction of sp³-hybridized carbons (Fsp3) is 0.700. The Balaban J connectivity index is 3.04. The van der Waals surface area contributed by atoms with Crippen LogP contribution in [0.15, 0.2) is 6.20 Å². The van der Waals surface area contributed by atoms with Gasteiger partial charge in [0.05, 0.1) is 13.3 Å². The van der Waals surface area contributed by atoms with Crippen molar-refractivity contribution in [3.63, 3.8) is 0 Å². The zero-order valence-electron chi connectivity index (χ0n) is 9.69. The Morgan fingerprint density at radius 3 is 2.73 bits per heavy atom. The number of aliphatic hydroxyl groups is 1. The fourth-order valence-electron chi connectivity index (χ4n) is 1.53. The molecule has 0 aliphatic heterocycles. The first-order valence-electron chi connectivity index (χ1n) is 5.05. The quantitative estimate of drug-likeness (QED) is 0.757. The van der Waals surface area contributed by atoms with Crippen molar-refractivity contribution in [1.29, 1.82) is 0 Å². The van der Waals surface area contributed by atoms with Crippen LogP contribution in [-0.4, -0.2) is 35.6 Å². The molecule has 0 bridgehead atoms. The van der Waals surface area contributed by atoms with E-state index in [0.29, 0.717) is 12.3 Å². The SMILES string of the molecule is CNCC(O)c1c(OC)cnn1C(C)C. The molecule has 0 saturated carbocycles. The van der Waals surface area contributed by atoms with Crippen molar-refractivity contribution in [2.75, 3.05) is 20.7 Å². The highest BCUT2D eigenvalue weighted by molar-refractivity contribution is 5.27. The molecule has 5 nitrogen and oxygen atoms in total. The van der Waals surface area contributed by atoms with Gasteiger partial charge in [0.2, 0.25) is 0 Å². The lowest BCUT2D eigenvalue weighted by Gasteiger charge is -2.16. The number of aliphatic hydroxyl groups excluding tert-OH is 1. The molecule has 2 N–H and O–H groups in total. The van der Waals surface area contributed by atoms with E-state index in [9.17, 15) is 5.11 Å². The molecule has 0 saturated heterocycles. The van der Waals surface area contributed by atoms with Crippen LogP contribution < -0.4 is 10.1 Å². The van der Waals surface area contributed by atoms with Crippen molar-refractivity contribution in [2.45, 2.75) is 26.0 Å². The van der Waals surface area contributed by atoms with E-state index in [1.165, 1.54) is 0 Å². The molecule has 0 radical (unpaired) electrons. The van der Waals surface area contributed by atoms with Gasteiger partial charge >= 0.3 is 0 Å². The Labute approximate surface area is 90.1 Å². The number of aromatic nitrogens is 2. The van der Waals surface area contributed by atoms with E-state index >= 15 is 0 Å². The standard InChI is InChI=1S/C10H19N3O2/c1-7(2)13-10(8(14)5-11-3)9(15-4)6-12-13/h6-8,11,14H,5H2,1-4H3. The summed E-state index contributed by atoms with van der Waals surface area (Å²) in [7, 11) is 3.38. The molecule has 0 fully saturated rings. The average Bonchev–Trinajstić information content (AvgIpc) is 2.61. The predicted molar refractivity (Wildman–Crippen MR) is 58.1 cm³/mol. The van der Waals surface area contributed by atoms with Crippen LogP contribution in [0.2, 0.25) is 0 Å². The average molecular weight is 213 g/mol. The van der Waals surface area contributed by atoms with Crippen LogP contribution in [0, 0.1) is 0 Å². The molecule has 86 valence electrons. The lowest BCUT2D eigenvalue weighted by atomic mass is 10.2. The van der Waals surface area contributed by atoms with Crippen molar-refractivity contribution in [3.05, 3.63) is 11.9 Å². The van der Waals surface area contributed by atoms with Crippen LogP contribution in [0.1, 0.15) is 31.7 Å². The van der Waals surface area contributed by atoms with Crippen LogP contribution in [0.5, 0.6) is 5.75 Å². The molecule has 1 aromatic heterocycles. The summed E-state index contributed by atoms with van der Waals surface area (Å²) in [4.78, 5) is 0. The van der Waals surface area contributed by atoms with Crippen molar-refractivity contribution < 1.29 is 9.84 Å². The second kappa shape index (κ2) is 5.14. The van der Waals surface area contributed by atoms with E-state index in [4.69, 9.17) is 4.74 Å².